The first-order valence-electron chi connectivity index (χ1n) is 7.03. The summed E-state index contributed by atoms with van der Waals surface area (Å²) >= 11 is 3.40. The quantitative estimate of drug-likeness (QED) is 0.829. The number of carbonyl (C=O) groups excluding carboxylic acids is 1. The number of benzene rings is 1. The van der Waals surface area contributed by atoms with Crippen LogP contribution in [0.4, 0.5) is 0 Å². The van der Waals surface area contributed by atoms with E-state index in [0.29, 0.717) is 12.5 Å². The minimum Gasteiger partial charge on any atom is -0.393 e. The zero-order valence-corrected chi connectivity index (χ0v) is 13.0. The molecule has 1 aromatic rings. The molecule has 108 valence electrons. The first kappa shape index (κ1) is 15.3. The lowest BCUT2D eigenvalue weighted by Crippen LogP contribution is -2.31. The summed E-state index contributed by atoms with van der Waals surface area (Å²) in [5, 5.41) is 12.4. The van der Waals surface area contributed by atoms with Gasteiger partial charge in [-0.05, 0) is 55.4 Å². The van der Waals surface area contributed by atoms with Crippen molar-refractivity contribution in [3.8, 4) is 0 Å². The number of hydrogen-bond donors (Lipinski definition) is 2. The topological polar surface area (TPSA) is 49.3 Å². The maximum atomic E-state index is 11.7. The average molecular weight is 338 g/mol. The van der Waals surface area contributed by atoms with Gasteiger partial charge in [-0.15, -0.1) is 0 Å². The molecule has 1 aliphatic carbocycles. The predicted molar refractivity (Wildman–Crippen MR) is 84.2 cm³/mol. The molecule has 3 nitrogen and oxygen atoms in total. The molecule has 4 heteroatoms. The molecule has 0 saturated heterocycles. The molecule has 0 unspecified atom stereocenters. The van der Waals surface area contributed by atoms with E-state index in [1.54, 1.807) is 6.08 Å². The minimum absolute atomic E-state index is 0.0592. The molecule has 1 amide bonds. The molecule has 1 aromatic carbocycles. The fraction of sp³-hybridized carbons (Fsp3) is 0.438. The Kier molecular flexibility index (Phi) is 5.80. The summed E-state index contributed by atoms with van der Waals surface area (Å²) in [4.78, 5) is 11.7. The predicted octanol–water partition coefficient (Wildman–Crippen LogP) is 3.13. The summed E-state index contributed by atoms with van der Waals surface area (Å²) in [6, 6.07) is 7.81. The van der Waals surface area contributed by atoms with Gasteiger partial charge in [0.2, 0.25) is 5.91 Å². The molecule has 0 atom stereocenters. The van der Waals surface area contributed by atoms with E-state index in [1.165, 1.54) is 0 Å². The second-order valence-corrected chi connectivity index (χ2v) is 6.22. The van der Waals surface area contributed by atoms with Crippen LogP contribution in [0.5, 0.6) is 0 Å². The molecule has 1 aliphatic rings. The Hall–Kier alpha value is -1.13. The average Bonchev–Trinajstić information content (AvgIpc) is 2.45. The summed E-state index contributed by atoms with van der Waals surface area (Å²) in [6.45, 7) is 0.703. The lowest BCUT2D eigenvalue weighted by molar-refractivity contribution is -0.116. The zero-order chi connectivity index (χ0) is 14.4. The third-order valence-corrected chi connectivity index (χ3v) is 4.15. The van der Waals surface area contributed by atoms with Gasteiger partial charge in [0.1, 0.15) is 0 Å². The van der Waals surface area contributed by atoms with E-state index in [9.17, 15) is 9.90 Å². The number of rotatable bonds is 4. The number of carbonyl (C=O) groups is 1. The monoisotopic (exact) mass is 337 g/mol. The van der Waals surface area contributed by atoms with Gasteiger partial charge in [0.05, 0.1) is 6.10 Å². The number of hydrogen-bond acceptors (Lipinski definition) is 2. The molecular formula is C16H20BrNO2. The van der Waals surface area contributed by atoms with Gasteiger partial charge in [-0.25, -0.2) is 0 Å². The van der Waals surface area contributed by atoms with Crippen LogP contribution in [-0.4, -0.2) is 23.7 Å². The highest BCUT2D eigenvalue weighted by Crippen LogP contribution is 2.23. The van der Waals surface area contributed by atoms with E-state index in [-0.39, 0.29) is 12.0 Å². The Balaban J connectivity index is 1.75. The molecule has 1 fully saturated rings. The second kappa shape index (κ2) is 7.60. The second-order valence-electron chi connectivity index (χ2n) is 5.31. The number of aliphatic hydroxyl groups excluding tert-OH is 1. The highest BCUT2D eigenvalue weighted by molar-refractivity contribution is 9.10. The van der Waals surface area contributed by atoms with Crippen LogP contribution in [0.25, 0.3) is 6.08 Å². The van der Waals surface area contributed by atoms with Gasteiger partial charge in [0.25, 0.3) is 0 Å². The van der Waals surface area contributed by atoms with Crippen molar-refractivity contribution in [3.63, 3.8) is 0 Å². The van der Waals surface area contributed by atoms with E-state index in [4.69, 9.17) is 0 Å². The van der Waals surface area contributed by atoms with Gasteiger partial charge >= 0.3 is 0 Å². The van der Waals surface area contributed by atoms with Crippen LogP contribution in [0.2, 0.25) is 0 Å². The molecule has 0 bridgehead atoms. The lowest BCUT2D eigenvalue weighted by Gasteiger charge is -2.25. The lowest BCUT2D eigenvalue weighted by atomic mass is 9.87. The Labute approximate surface area is 128 Å². The van der Waals surface area contributed by atoms with Crippen molar-refractivity contribution >= 4 is 27.9 Å². The van der Waals surface area contributed by atoms with Crippen LogP contribution >= 0.6 is 15.9 Å². The molecule has 0 spiro atoms. The summed E-state index contributed by atoms with van der Waals surface area (Å²) in [5.41, 5.74) is 0.996. The van der Waals surface area contributed by atoms with Gasteiger partial charge in [-0.3, -0.25) is 4.79 Å². The molecule has 1 saturated carbocycles. The minimum atomic E-state index is -0.140. The maximum absolute atomic E-state index is 11.7. The van der Waals surface area contributed by atoms with Crippen LogP contribution < -0.4 is 5.32 Å². The number of nitrogens with one attached hydrogen (secondary N) is 1. The highest BCUT2D eigenvalue weighted by Gasteiger charge is 2.19. The van der Waals surface area contributed by atoms with Crippen molar-refractivity contribution in [2.45, 2.75) is 31.8 Å². The normalized spacial score (nSPS) is 22.9. The van der Waals surface area contributed by atoms with Crippen LogP contribution in [0.3, 0.4) is 0 Å². The SMILES string of the molecule is O=C(/C=C/c1cccc(Br)c1)NCC1CCC(O)CC1. The Morgan fingerprint density at radius 1 is 1.35 bits per heavy atom. The van der Waals surface area contributed by atoms with E-state index in [1.807, 2.05) is 30.3 Å². The summed E-state index contributed by atoms with van der Waals surface area (Å²) in [5.74, 6) is 0.442. The van der Waals surface area contributed by atoms with Crippen molar-refractivity contribution in [1.82, 2.24) is 5.32 Å². The summed E-state index contributed by atoms with van der Waals surface area (Å²) in [6.07, 6.45) is 6.94. The van der Waals surface area contributed by atoms with Gasteiger partial charge < -0.3 is 10.4 Å². The molecule has 0 radical (unpaired) electrons. The molecule has 20 heavy (non-hydrogen) atoms. The standard InChI is InChI=1S/C16H20BrNO2/c17-14-3-1-2-12(10-14)6-9-16(20)18-11-13-4-7-15(19)8-5-13/h1-3,6,9-10,13,15,19H,4-5,7-8,11H2,(H,18,20)/b9-6+. The van der Waals surface area contributed by atoms with Crippen LogP contribution in [0.1, 0.15) is 31.2 Å². The van der Waals surface area contributed by atoms with Crippen molar-refractivity contribution < 1.29 is 9.90 Å². The largest absolute Gasteiger partial charge is 0.393 e. The third-order valence-electron chi connectivity index (χ3n) is 3.66. The highest BCUT2D eigenvalue weighted by atomic mass is 79.9. The van der Waals surface area contributed by atoms with Gasteiger partial charge in [-0.2, -0.15) is 0 Å². The van der Waals surface area contributed by atoms with Crippen molar-refractivity contribution in [2.24, 2.45) is 5.92 Å². The molecule has 0 aliphatic heterocycles. The van der Waals surface area contributed by atoms with E-state index >= 15 is 0 Å². The zero-order valence-electron chi connectivity index (χ0n) is 11.4. The Morgan fingerprint density at radius 3 is 2.80 bits per heavy atom. The molecule has 0 aromatic heterocycles. The van der Waals surface area contributed by atoms with E-state index in [2.05, 4.69) is 21.2 Å². The molecule has 2 rings (SSSR count). The Bertz CT molecular complexity index is 479. The summed E-state index contributed by atoms with van der Waals surface area (Å²) in [7, 11) is 0. The number of halogens is 1. The van der Waals surface area contributed by atoms with Crippen LogP contribution in [0, 0.1) is 5.92 Å². The van der Waals surface area contributed by atoms with Crippen molar-refractivity contribution in [2.75, 3.05) is 6.54 Å². The fourth-order valence-corrected chi connectivity index (χ4v) is 2.85. The number of aliphatic hydroxyl groups is 1. The smallest absolute Gasteiger partial charge is 0.244 e. The van der Waals surface area contributed by atoms with Gasteiger partial charge in [-0.1, -0.05) is 28.1 Å². The van der Waals surface area contributed by atoms with Crippen molar-refractivity contribution in [1.29, 1.82) is 0 Å². The van der Waals surface area contributed by atoms with Gasteiger partial charge in [0, 0.05) is 17.1 Å². The summed E-state index contributed by atoms with van der Waals surface area (Å²) < 4.78 is 1.00. The maximum Gasteiger partial charge on any atom is 0.244 e. The molecule has 0 heterocycles. The molecular weight excluding hydrogens is 318 g/mol. The van der Waals surface area contributed by atoms with Crippen molar-refractivity contribution in [3.05, 3.63) is 40.4 Å². The van der Waals surface area contributed by atoms with Gasteiger partial charge in [0.15, 0.2) is 0 Å². The number of amides is 1. The first-order chi connectivity index (χ1) is 9.63. The Morgan fingerprint density at radius 2 is 2.10 bits per heavy atom. The fourth-order valence-electron chi connectivity index (χ4n) is 2.44. The third kappa shape index (κ3) is 5.10. The van der Waals surface area contributed by atoms with Crippen LogP contribution in [-0.2, 0) is 4.79 Å². The van der Waals surface area contributed by atoms with E-state index in [0.717, 1.165) is 35.7 Å². The van der Waals surface area contributed by atoms with E-state index < -0.39 is 0 Å². The first-order valence-corrected chi connectivity index (χ1v) is 7.82. The molecule has 2 N–H and O–H groups in total. The van der Waals surface area contributed by atoms with Crippen LogP contribution in [0.15, 0.2) is 34.8 Å².